The Kier molecular flexibility index (Phi) is 3.97. The Morgan fingerprint density at radius 1 is 1.00 bits per heavy atom. The highest BCUT2D eigenvalue weighted by molar-refractivity contribution is 5.78. The van der Waals surface area contributed by atoms with Crippen molar-refractivity contribution in [2.24, 2.45) is 0 Å². The van der Waals surface area contributed by atoms with Crippen LogP contribution in [0.25, 0.3) is 0 Å². The molecule has 1 saturated heterocycles. The third-order valence-corrected chi connectivity index (χ3v) is 3.16. The van der Waals surface area contributed by atoms with Gasteiger partial charge in [0.15, 0.2) is 0 Å². The lowest BCUT2D eigenvalue weighted by Gasteiger charge is -2.20. The van der Waals surface area contributed by atoms with Gasteiger partial charge in [-0.2, -0.15) is 0 Å². The second kappa shape index (κ2) is 5.69. The van der Waals surface area contributed by atoms with E-state index in [1.54, 1.807) is 0 Å². The molecular formula is C14H19NO. The van der Waals surface area contributed by atoms with Gasteiger partial charge in [0.1, 0.15) is 0 Å². The fourth-order valence-corrected chi connectivity index (χ4v) is 2.20. The summed E-state index contributed by atoms with van der Waals surface area (Å²) in [6, 6.07) is 10.0. The number of rotatable bonds is 2. The molecule has 0 unspecified atom stereocenters. The average molecular weight is 217 g/mol. The first-order chi connectivity index (χ1) is 7.86. The topological polar surface area (TPSA) is 20.3 Å². The molecule has 1 aliphatic heterocycles. The Morgan fingerprint density at radius 3 is 2.25 bits per heavy atom. The minimum absolute atomic E-state index is 0.285. The zero-order chi connectivity index (χ0) is 11.2. The van der Waals surface area contributed by atoms with Gasteiger partial charge in [-0.15, -0.1) is 0 Å². The summed E-state index contributed by atoms with van der Waals surface area (Å²) in [5.41, 5.74) is 1.12. The predicted molar refractivity (Wildman–Crippen MR) is 65.2 cm³/mol. The molecule has 86 valence electrons. The van der Waals surface area contributed by atoms with E-state index < -0.39 is 0 Å². The summed E-state index contributed by atoms with van der Waals surface area (Å²) in [5, 5.41) is 0. The molecule has 0 aromatic heterocycles. The number of hydrogen-bond donors (Lipinski definition) is 0. The Labute approximate surface area is 97.3 Å². The van der Waals surface area contributed by atoms with Crippen LogP contribution in [-0.4, -0.2) is 23.9 Å². The lowest BCUT2D eigenvalue weighted by Crippen LogP contribution is -2.33. The van der Waals surface area contributed by atoms with Gasteiger partial charge in [-0.25, -0.2) is 0 Å². The number of carbonyl (C=O) groups is 1. The maximum Gasteiger partial charge on any atom is 0.226 e. The van der Waals surface area contributed by atoms with Crippen molar-refractivity contribution in [3.8, 4) is 0 Å². The van der Waals surface area contributed by atoms with Gasteiger partial charge in [0.25, 0.3) is 0 Å². The minimum Gasteiger partial charge on any atom is -0.342 e. The maximum absolute atomic E-state index is 12.0. The molecule has 2 nitrogen and oxygen atoms in total. The van der Waals surface area contributed by atoms with E-state index in [1.165, 1.54) is 25.7 Å². The summed E-state index contributed by atoms with van der Waals surface area (Å²) in [6.07, 6.45) is 5.44. The molecule has 1 aromatic carbocycles. The van der Waals surface area contributed by atoms with Crippen molar-refractivity contribution >= 4 is 5.91 Å². The quantitative estimate of drug-likeness (QED) is 0.745. The molecule has 0 N–H and O–H groups in total. The minimum atomic E-state index is 0.285. The molecular weight excluding hydrogens is 198 g/mol. The summed E-state index contributed by atoms with van der Waals surface area (Å²) < 4.78 is 0. The normalized spacial score (nSPS) is 16.9. The van der Waals surface area contributed by atoms with Crippen molar-refractivity contribution in [1.29, 1.82) is 0 Å². The Morgan fingerprint density at radius 2 is 1.62 bits per heavy atom. The molecule has 0 atom stereocenters. The molecule has 0 radical (unpaired) electrons. The molecule has 1 aromatic rings. The van der Waals surface area contributed by atoms with Gasteiger partial charge in [0.05, 0.1) is 6.42 Å². The number of carbonyl (C=O) groups excluding carboxylic acids is 1. The molecule has 1 aliphatic rings. The van der Waals surface area contributed by atoms with Crippen molar-refractivity contribution in [1.82, 2.24) is 4.90 Å². The van der Waals surface area contributed by atoms with Gasteiger partial charge >= 0.3 is 0 Å². The molecule has 2 heteroatoms. The van der Waals surface area contributed by atoms with Crippen LogP contribution in [0.15, 0.2) is 30.3 Å². The van der Waals surface area contributed by atoms with Crippen LogP contribution in [0.4, 0.5) is 0 Å². The molecule has 0 spiro atoms. The lowest BCUT2D eigenvalue weighted by atomic mass is 10.1. The van der Waals surface area contributed by atoms with Crippen LogP contribution in [-0.2, 0) is 11.2 Å². The predicted octanol–water partition coefficient (Wildman–Crippen LogP) is 2.63. The van der Waals surface area contributed by atoms with E-state index in [4.69, 9.17) is 0 Å². The van der Waals surface area contributed by atoms with Crippen LogP contribution in [0.2, 0.25) is 0 Å². The molecule has 1 fully saturated rings. The van der Waals surface area contributed by atoms with E-state index in [0.29, 0.717) is 6.42 Å². The van der Waals surface area contributed by atoms with Gasteiger partial charge in [0, 0.05) is 13.1 Å². The SMILES string of the molecule is O=C(Cc1ccccc1)N1CCCCCC1. The second-order valence-corrected chi connectivity index (χ2v) is 4.46. The molecule has 0 saturated carbocycles. The van der Waals surface area contributed by atoms with Crippen molar-refractivity contribution in [3.05, 3.63) is 35.9 Å². The summed E-state index contributed by atoms with van der Waals surface area (Å²) in [4.78, 5) is 14.1. The lowest BCUT2D eigenvalue weighted by molar-refractivity contribution is -0.130. The Hall–Kier alpha value is -1.31. The Balaban J connectivity index is 1.92. The third-order valence-electron chi connectivity index (χ3n) is 3.16. The first-order valence-electron chi connectivity index (χ1n) is 6.18. The summed E-state index contributed by atoms with van der Waals surface area (Å²) in [7, 11) is 0. The zero-order valence-corrected chi connectivity index (χ0v) is 9.69. The van der Waals surface area contributed by atoms with Gasteiger partial charge in [-0.05, 0) is 18.4 Å². The van der Waals surface area contributed by atoms with Crippen LogP contribution in [0, 0.1) is 0 Å². The third kappa shape index (κ3) is 3.09. The van der Waals surface area contributed by atoms with E-state index in [9.17, 15) is 4.79 Å². The van der Waals surface area contributed by atoms with Crippen molar-refractivity contribution in [2.75, 3.05) is 13.1 Å². The smallest absolute Gasteiger partial charge is 0.226 e. The van der Waals surface area contributed by atoms with Crippen LogP contribution in [0.5, 0.6) is 0 Å². The van der Waals surface area contributed by atoms with E-state index in [1.807, 2.05) is 35.2 Å². The van der Waals surface area contributed by atoms with E-state index in [2.05, 4.69) is 0 Å². The molecule has 0 aliphatic carbocycles. The first kappa shape index (κ1) is 11.2. The highest BCUT2D eigenvalue weighted by Crippen LogP contribution is 2.11. The van der Waals surface area contributed by atoms with Crippen LogP contribution in [0.1, 0.15) is 31.2 Å². The molecule has 16 heavy (non-hydrogen) atoms. The van der Waals surface area contributed by atoms with Crippen LogP contribution >= 0.6 is 0 Å². The highest BCUT2D eigenvalue weighted by atomic mass is 16.2. The largest absolute Gasteiger partial charge is 0.342 e. The fraction of sp³-hybridized carbons (Fsp3) is 0.500. The summed E-state index contributed by atoms with van der Waals surface area (Å²) >= 11 is 0. The Bertz CT molecular complexity index is 326. The number of benzene rings is 1. The number of amides is 1. The average Bonchev–Trinajstić information content (AvgIpc) is 2.59. The zero-order valence-electron chi connectivity index (χ0n) is 9.69. The second-order valence-electron chi connectivity index (χ2n) is 4.46. The molecule has 1 heterocycles. The van der Waals surface area contributed by atoms with Crippen molar-refractivity contribution in [3.63, 3.8) is 0 Å². The summed E-state index contributed by atoms with van der Waals surface area (Å²) in [6.45, 7) is 1.90. The monoisotopic (exact) mass is 217 g/mol. The van der Waals surface area contributed by atoms with Gasteiger partial charge in [-0.3, -0.25) is 4.79 Å². The maximum atomic E-state index is 12.0. The highest BCUT2D eigenvalue weighted by Gasteiger charge is 2.15. The van der Waals surface area contributed by atoms with Crippen molar-refractivity contribution < 1.29 is 4.79 Å². The van der Waals surface area contributed by atoms with E-state index in [0.717, 1.165) is 18.7 Å². The number of likely N-dealkylation sites (tertiary alicyclic amines) is 1. The fourth-order valence-electron chi connectivity index (χ4n) is 2.20. The first-order valence-corrected chi connectivity index (χ1v) is 6.18. The van der Waals surface area contributed by atoms with Crippen molar-refractivity contribution in [2.45, 2.75) is 32.1 Å². The molecule has 1 amide bonds. The molecule has 2 rings (SSSR count). The summed E-state index contributed by atoms with van der Waals surface area (Å²) in [5.74, 6) is 0.285. The molecule has 0 bridgehead atoms. The number of hydrogen-bond acceptors (Lipinski definition) is 1. The van der Waals surface area contributed by atoms with Gasteiger partial charge in [0.2, 0.25) is 5.91 Å². The number of nitrogens with zero attached hydrogens (tertiary/aromatic N) is 1. The van der Waals surface area contributed by atoms with Gasteiger partial charge in [-0.1, -0.05) is 43.2 Å². The van der Waals surface area contributed by atoms with E-state index >= 15 is 0 Å². The van der Waals surface area contributed by atoms with Crippen LogP contribution in [0.3, 0.4) is 0 Å². The van der Waals surface area contributed by atoms with E-state index in [-0.39, 0.29) is 5.91 Å². The standard InChI is InChI=1S/C14H19NO/c16-14(12-13-8-4-3-5-9-13)15-10-6-1-2-7-11-15/h3-5,8-9H,1-2,6-7,10-12H2. The van der Waals surface area contributed by atoms with Crippen LogP contribution < -0.4 is 0 Å². The van der Waals surface area contributed by atoms with Gasteiger partial charge < -0.3 is 4.90 Å².